The highest BCUT2D eigenvalue weighted by Gasteiger charge is 2.19. The predicted octanol–water partition coefficient (Wildman–Crippen LogP) is 3.25. The largest absolute Gasteiger partial charge is 0.319 e. The minimum Gasteiger partial charge on any atom is -0.319 e. The first kappa shape index (κ1) is 19.0. The van der Waals surface area contributed by atoms with Gasteiger partial charge in [0.15, 0.2) is 0 Å². The van der Waals surface area contributed by atoms with E-state index in [0.29, 0.717) is 0 Å². The lowest BCUT2D eigenvalue weighted by molar-refractivity contribution is 0.177. The number of piperidine rings is 1. The summed E-state index contributed by atoms with van der Waals surface area (Å²) in [5.41, 5.74) is 5.27. The number of nitrogens with one attached hydrogen (secondary N) is 1. The van der Waals surface area contributed by atoms with Gasteiger partial charge in [0.25, 0.3) is 0 Å². The first-order valence-electron chi connectivity index (χ1n) is 8.61. The van der Waals surface area contributed by atoms with Gasteiger partial charge < -0.3 is 5.32 Å². The van der Waals surface area contributed by atoms with Crippen LogP contribution in [0.25, 0.3) is 11.1 Å². The SMILES string of the molecule is CNCC1CCN(Cc2ccc(C)cc2-c2cnn(C)c2)CC1.Cl. The standard InChI is InChI=1S/C19H28N4.ClH/c1-15-4-5-17(19(10-15)18-12-21-22(3)13-18)14-23-8-6-16(7-9-23)11-20-2;/h4-5,10,12-13,16,20H,6-9,11,14H2,1-3H3;1H. The maximum Gasteiger partial charge on any atom is 0.0568 e. The topological polar surface area (TPSA) is 33.1 Å². The maximum atomic E-state index is 4.34. The number of rotatable bonds is 5. The lowest BCUT2D eigenvalue weighted by Gasteiger charge is -2.32. The first-order chi connectivity index (χ1) is 11.2. The molecule has 1 aromatic heterocycles. The fourth-order valence-electron chi connectivity index (χ4n) is 3.54. The molecule has 0 saturated carbocycles. The highest BCUT2D eigenvalue weighted by molar-refractivity contribution is 5.85. The Labute approximate surface area is 151 Å². The highest BCUT2D eigenvalue weighted by Crippen LogP contribution is 2.27. The van der Waals surface area contributed by atoms with E-state index < -0.39 is 0 Å². The third-order valence-corrected chi connectivity index (χ3v) is 4.88. The number of hydrogen-bond donors (Lipinski definition) is 1. The van der Waals surface area contributed by atoms with Gasteiger partial charge in [-0.3, -0.25) is 9.58 Å². The molecule has 1 aliphatic heterocycles. The predicted molar refractivity (Wildman–Crippen MR) is 103 cm³/mol. The average Bonchev–Trinajstić information content (AvgIpc) is 2.97. The summed E-state index contributed by atoms with van der Waals surface area (Å²) >= 11 is 0. The van der Waals surface area contributed by atoms with Crippen LogP contribution in [0.1, 0.15) is 24.0 Å². The van der Waals surface area contributed by atoms with E-state index in [4.69, 9.17) is 0 Å². The van der Waals surface area contributed by atoms with Gasteiger partial charge in [0.05, 0.1) is 6.20 Å². The molecule has 0 spiro atoms. The van der Waals surface area contributed by atoms with Gasteiger partial charge in [-0.2, -0.15) is 5.10 Å². The lowest BCUT2D eigenvalue weighted by Crippen LogP contribution is -2.36. The van der Waals surface area contributed by atoms with Crippen LogP contribution in [0.2, 0.25) is 0 Å². The minimum absolute atomic E-state index is 0. The van der Waals surface area contributed by atoms with E-state index in [9.17, 15) is 0 Å². The number of halogens is 1. The van der Waals surface area contributed by atoms with Crippen molar-refractivity contribution in [3.05, 3.63) is 41.7 Å². The normalized spacial score (nSPS) is 16.1. The number of hydrogen-bond acceptors (Lipinski definition) is 3. The fourth-order valence-corrected chi connectivity index (χ4v) is 3.54. The summed E-state index contributed by atoms with van der Waals surface area (Å²) in [6.07, 6.45) is 6.68. The first-order valence-corrected chi connectivity index (χ1v) is 8.61. The van der Waals surface area contributed by atoms with E-state index in [1.54, 1.807) is 0 Å². The van der Waals surface area contributed by atoms with Crippen LogP contribution in [0.5, 0.6) is 0 Å². The Balaban J connectivity index is 0.00000208. The molecule has 0 atom stereocenters. The molecule has 0 unspecified atom stereocenters. The van der Waals surface area contributed by atoms with Crippen molar-refractivity contribution < 1.29 is 0 Å². The van der Waals surface area contributed by atoms with Crippen molar-refractivity contribution in [3.8, 4) is 11.1 Å². The molecular formula is C19H29ClN4. The molecule has 5 heteroatoms. The second-order valence-corrected chi connectivity index (χ2v) is 6.84. The van der Waals surface area contributed by atoms with Crippen molar-refractivity contribution in [1.82, 2.24) is 20.0 Å². The van der Waals surface area contributed by atoms with Crippen LogP contribution in [-0.4, -0.2) is 41.4 Å². The van der Waals surface area contributed by atoms with Crippen LogP contribution in [0, 0.1) is 12.8 Å². The molecule has 1 fully saturated rings. The fraction of sp³-hybridized carbons (Fsp3) is 0.526. The van der Waals surface area contributed by atoms with E-state index in [0.717, 1.165) is 19.0 Å². The second kappa shape index (κ2) is 8.65. The molecule has 2 heterocycles. The summed E-state index contributed by atoms with van der Waals surface area (Å²) in [4.78, 5) is 2.59. The summed E-state index contributed by atoms with van der Waals surface area (Å²) in [5.74, 6) is 0.840. The zero-order chi connectivity index (χ0) is 16.2. The zero-order valence-electron chi connectivity index (χ0n) is 15.0. The van der Waals surface area contributed by atoms with Crippen molar-refractivity contribution in [2.45, 2.75) is 26.3 Å². The minimum atomic E-state index is 0. The number of likely N-dealkylation sites (tertiary alicyclic amines) is 1. The third kappa shape index (κ3) is 4.59. The third-order valence-electron chi connectivity index (χ3n) is 4.88. The Morgan fingerprint density at radius 1 is 1.25 bits per heavy atom. The van der Waals surface area contributed by atoms with Crippen molar-refractivity contribution in [2.75, 3.05) is 26.7 Å². The Morgan fingerprint density at radius 2 is 2.00 bits per heavy atom. The lowest BCUT2D eigenvalue weighted by atomic mass is 9.95. The molecule has 1 saturated heterocycles. The zero-order valence-corrected chi connectivity index (χ0v) is 15.8. The van der Waals surface area contributed by atoms with Crippen LogP contribution in [0.4, 0.5) is 0 Å². The number of aromatic nitrogens is 2. The Morgan fingerprint density at radius 3 is 2.62 bits per heavy atom. The van der Waals surface area contributed by atoms with Gasteiger partial charge in [0.2, 0.25) is 0 Å². The quantitative estimate of drug-likeness (QED) is 0.900. The summed E-state index contributed by atoms with van der Waals surface area (Å²) in [6, 6.07) is 6.81. The van der Waals surface area contributed by atoms with Crippen LogP contribution in [0.15, 0.2) is 30.6 Å². The molecule has 132 valence electrons. The number of benzene rings is 1. The van der Waals surface area contributed by atoms with Crippen molar-refractivity contribution in [2.24, 2.45) is 13.0 Å². The van der Waals surface area contributed by atoms with Crippen LogP contribution in [-0.2, 0) is 13.6 Å². The van der Waals surface area contributed by atoms with Crippen LogP contribution >= 0.6 is 12.4 Å². The molecule has 24 heavy (non-hydrogen) atoms. The molecule has 0 radical (unpaired) electrons. The molecule has 3 rings (SSSR count). The van der Waals surface area contributed by atoms with Crippen molar-refractivity contribution >= 4 is 12.4 Å². The van der Waals surface area contributed by atoms with E-state index >= 15 is 0 Å². The van der Waals surface area contributed by atoms with Crippen molar-refractivity contribution in [1.29, 1.82) is 0 Å². The monoisotopic (exact) mass is 348 g/mol. The molecule has 0 bridgehead atoms. The van der Waals surface area contributed by atoms with E-state index in [-0.39, 0.29) is 12.4 Å². The van der Waals surface area contributed by atoms with Gasteiger partial charge in [0.1, 0.15) is 0 Å². The average molecular weight is 349 g/mol. The second-order valence-electron chi connectivity index (χ2n) is 6.84. The van der Waals surface area contributed by atoms with Gasteiger partial charge in [-0.25, -0.2) is 0 Å². The van der Waals surface area contributed by atoms with Gasteiger partial charge in [-0.1, -0.05) is 23.8 Å². The maximum absolute atomic E-state index is 4.34. The van der Waals surface area contributed by atoms with Gasteiger partial charge in [0, 0.05) is 25.4 Å². The molecule has 0 amide bonds. The molecule has 1 aromatic carbocycles. The van der Waals surface area contributed by atoms with Gasteiger partial charge in [-0.05, 0) is 63.5 Å². The summed E-state index contributed by atoms with van der Waals surface area (Å²) in [7, 11) is 4.03. The smallest absolute Gasteiger partial charge is 0.0568 e. The Bertz CT molecular complexity index is 645. The summed E-state index contributed by atoms with van der Waals surface area (Å²) < 4.78 is 1.88. The highest BCUT2D eigenvalue weighted by atomic mass is 35.5. The molecule has 4 nitrogen and oxygen atoms in total. The number of nitrogens with zero attached hydrogens (tertiary/aromatic N) is 3. The molecule has 1 N–H and O–H groups in total. The van der Waals surface area contributed by atoms with Crippen molar-refractivity contribution in [3.63, 3.8) is 0 Å². The molecular weight excluding hydrogens is 320 g/mol. The summed E-state index contributed by atoms with van der Waals surface area (Å²) in [5, 5.41) is 7.65. The van der Waals surface area contributed by atoms with E-state index in [1.807, 2.05) is 17.9 Å². The van der Waals surface area contributed by atoms with Gasteiger partial charge in [-0.15, -0.1) is 12.4 Å². The summed E-state index contributed by atoms with van der Waals surface area (Å²) in [6.45, 7) is 6.75. The molecule has 0 aliphatic carbocycles. The number of aryl methyl sites for hydroxylation is 2. The Hall–Kier alpha value is -1.36. The van der Waals surface area contributed by atoms with Crippen LogP contribution in [0.3, 0.4) is 0 Å². The Kier molecular flexibility index (Phi) is 6.84. The van der Waals surface area contributed by atoms with E-state index in [2.05, 4.69) is 53.7 Å². The molecule has 2 aromatic rings. The van der Waals surface area contributed by atoms with Gasteiger partial charge >= 0.3 is 0 Å². The van der Waals surface area contributed by atoms with E-state index in [1.165, 1.54) is 48.2 Å². The molecule has 1 aliphatic rings. The van der Waals surface area contributed by atoms with Crippen LogP contribution < -0.4 is 5.32 Å².